The molecule has 0 radical (unpaired) electrons. The van der Waals surface area contributed by atoms with Gasteiger partial charge in [0.05, 0.1) is 12.2 Å². The molecular weight excluding hydrogens is 136 g/mol. The summed E-state index contributed by atoms with van der Waals surface area (Å²) in [6.45, 7) is 0.805. The molecule has 0 aromatic rings. The lowest BCUT2D eigenvalue weighted by Crippen LogP contribution is -2.26. The molecule has 0 fully saturated rings. The number of hydrogen-bond acceptors (Lipinski definition) is 4. The van der Waals surface area contributed by atoms with Gasteiger partial charge in [0.2, 0.25) is 0 Å². The number of aliphatic hydroxyl groups is 3. The summed E-state index contributed by atoms with van der Waals surface area (Å²) in [6, 6.07) is 0. The Balaban J connectivity index is 3.57. The van der Waals surface area contributed by atoms with Crippen LogP contribution < -0.4 is 0 Å². The lowest BCUT2D eigenvalue weighted by molar-refractivity contribution is -0.125. The first-order valence-electron chi connectivity index (χ1n) is 3.06. The van der Waals surface area contributed by atoms with Crippen molar-refractivity contribution >= 4 is 5.78 Å². The van der Waals surface area contributed by atoms with Crippen LogP contribution in [0.1, 0.15) is 13.3 Å². The molecular formula is C6H12O4. The van der Waals surface area contributed by atoms with Crippen LogP contribution in [0.25, 0.3) is 0 Å². The molecule has 0 bridgehead atoms. The molecule has 0 aliphatic heterocycles. The van der Waals surface area contributed by atoms with Gasteiger partial charge in [-0.1, -0.05) is 0 Å². The van der Waals surface area contributed by atoms with Gasteiger partial charge in [0, 0.05) is 6.42 Å². The Labute approximate surface area is 59.1 Å². The molecule has 0 saturated heterocycles. The molecule has 0 aliphatic rings. The highest BCUT2D eigenvalue weighted by molar-refractivity contribution is 5.79. The van der Waals surface area contributed by atoms with E-state index in [1.165, 1.54) is 6.92 Å². The quantitative estimate of drug-likeness (QED) is 0.462. The molecule has 0 saturated carbocycles. The largest absolute Gasteiger partial charge is 0.391 e. The number of hydrogen-bond donors (Lipinski definition) is 3. The van der Waals surface area contributed by atoms with E-state index in [4.69, 9.17) is 15.3 Å². The fourth-order valence-electron chi connectivity index (χ4n) is 0.468. The lowest BCUT2D eigenvalue weighted by Gasteiger charge is -2.10. The zero-order chi connectivity index (χ0) is 8.15. The van der Waals surface area contributed by atoms with Crippen molar-refractivity contribution in [3.63, 3.8) is 0 Å². The van der Waals surface area contributed by atoms with E-state index in [1.807, 2.05) is 0 Å². The maximum atomic E-state index is 10.4. The number of ketones is 1. The number of carbonyl (C=O) groups is 1. The Morgan fingerprint density at radius 3 is 2.30 bits per heavy atom. The molecule has 0 unspecified atom stereocenters. The van der Waals surface area contributed by atoms with Crippen molar-refractivity contribution in [2.75, 3.05) is 6.61 Å². The number of aliphatic hydroxyl groups excluding tert-OH is 3. The number of carbonyl (C=O) groups excluding carboxylic acids is 1. The van der Waals surface area contributed by atoms with Gasteiger partial charge in [-0.2, -0.15) is 0 Å². The van der Waals surface area contributed by atoms with Gasteiger partial charge in [0.25, 0.3) is 0 Å². The van der Waals surface area contributed by atoms with Crippen LogP contribution in [0.3, 0.4) is 0 Å². The van der Waals surface area contributed by atoms with Crippen LogP contribution in [0.4, 0.5) is 0 Å². The normalized spacial score (nSPS) is 16.4. The summed E-state index contributed by atoms with van der Waals surface area (Å²) >= 11 is 0. The van der Waals surface area contributed by atoms with Gasteiger partial charge in [-0.15, -0.1) is 0 Å². The van der Waals surface area contributed by atoms with E-state index in [2.05, 4.69) is 0 Å². The summed E-state index contributed by atoms with van der Waals surface area (Å²) in [5.41, 5.74) is 0. The average Bonchev–Trinajstić information content (AvgIpc) is 1.87. The number of Topliss-reactive ketones (excluding diaryl/α,β-unsaturated/α-hetero) is 1. The van der Waals surface area contributed by atoms with E-state index < -0.39 is 24.6 Å². The van der Waals surface area contributed by atoms with Crippen LogP contribution in [-0.4, -0.2) is 39.9 Å². The first-order valence-corrected chi connectivity index (χ1v) is 3.06. The Bertz CT molecular complexity index is 110. The predicted octanol–water partition coefficient (Wildman–Crippen LogP) is -1.32. The maximum Gasteiger partial charge on any atom is 0.160 e. The second-order valence-corrected chi connectivity index (χ2v) is 2.21. The van der Waals surface area contributed by atoms with Gasteiger partial charge >= 0.3 is 0 Å². The lowest BCUT2D eigenvalue weighted by atomic mass is 10.1. The van der Waals surface area contributed by atoms with Crippen molar-refractivity contribution in [3.8, 4) is 0 Å². The topological polar surface area (TPSA) is 77.8 Å². The second-order valence-electron chi connectivity index (χ2n) is 2.21. The van der Waals surface area contributed by atoms with Crippen LogP contribution in [0.5, 0.6) is 0 Å². The monoisotopic (exact) mass is 148 g/mol. The van der Waals surface area contributed by atoms with Crippen LogP contribution >= 0.6 is 0 Å². The minimum Gasteiger partial charge on any atom is -0.391 e. The average molecular weight is 148 g/mol. The molecule has 0 amide bonds. The summed E-state index contributed by atoms with van der Waals surface area (Å²) < 4.78 is 0. The van der Waals surface area contributed by atoms with Crippen molar-refractivity contribution < 1.29 is 20.1 Å². The zero-order valence-corrected chi connectivity index (χ0v) is 5.82. The number of rotatable bonds is 4. The van der Waals surface area contributed by atoms with Gasteiger partial charge < -0.3 is 15.3 Å². The molecule has 0 heterocycles. The third kappa shape index (κ3) is 3.55. The van der Waals surface area contributed by atoms with Gasteiger partial charge in [0.15, 0.2) is 5.78 Å². The predicted molar refractivity (Wildman–Crippen MR) is 34.4 cm³/mol. The molecule has 0 rings (SSSR count). The van der Waals surface area contributed by atoms with Crippen molar-refractivity contribution in [1.82, 2.24) is 0 Å². The zero-order valence-electron chi connectivity index (χ0n) is 5.82. The first kappa shape index (κ1) is 9.55. The first-order chi connectivity index (χ1) is 4.57. The highest BCUT2D eigenvalue weighted by atomic mass is 16.3. The molecule has 2 atom stereocenters. The summed E-state index contributed by atoms with van der Waals surface area (Å²) in [7, 11) is 0. The highest BCUT2D eigenvalue weighted by Crippen LogP contribution is 1.97. The maximum absolute atomic E-state index is 10.4. The van der Waals surface area contributed by atoms with Crippen molar-refractivity contribution in [1.29, 1.82) is 0 Å². The van der Waals surface area contributed by atoms with Gasteiger partial charge in [-0.05, 0) is 6.92 Å². The Kier molecular flexibility index (Phi) is 4.18. The smallest absolute Gasteiger partial charge is 0.160 e. The van der Waals surface area contributed by atoms with E-state index in [0.717, 1.165) is 0 Å². The fourth-order valence-corrected chi connectivity index (χ4v) is 0.468. The van der Waals surface area contributed by atoms with Crippen LogP contribution in [-0.2, 0) is 4.79 Å². The molecule has 3 N–H and O–H groups in total. The van der Waals surface area contributed by atoms with Gasteiger partial charge in [0.1, 0.15) is 6.61 Å². The summed E-state index contributed by atoms with van der Waals surface area (Å²) in [6.07, 6.45) is -2.16. The van der Waals surface area contributed by atoms with E-state index in [1.54, 1.807) is 0 Å². The van der Waals surface area contributed by atoms with Gasteiger partial charge in [-0.3, -0.25) is 4.79 Å². The second kappa shape index (κ2) is 4.38. The molecule has 0 aliphatic carbocycles. The molecule has 4 heteroatoms. The standard InChI is InChI=1S/C6H12O4/c1-4(8)6(10)2-5(9)3-7/h4,6-8,10H,2-3H2,1H3/t4-,6+/m0/s1. The minimum absolute atomic E-state index is 0.186. The molecule has 4 nitrogen and oxygen atoms in total. The third-order valence-electron chi connectivity index (χ3n) is 1.17. The summed E-state index contributed by atoms with van der Waals surface area (Å²) in [4.78, 5) is 10.4. The molecule has 0 spiro atoms. The van der Waals surface area contributed by atoms with Crippen molar-refractivity contribution in [2.24, 2.45) is 0 Å². The highest BCUT2D eigenvalue weighted by Gasteiger charge is 2.14. The van der Waals surface area contributed by atoms with Gasteiger partial charge in [-0.25, -0.2) is 0 Å². The Morgan fingerprint density at radius 2 is 2.00 bits per heavy atom. The molecule has 60 valence electrons. The van der Waals surface area contributed by atoms with E-state index in [9.17, 15) is 4.79 Å². The molecule has 0 aromatic heterocycles. The summed E-state index contributed by atoms with van der Waals surface area (Å²) in [5, 5.41) is 25.8. The van der Waals surface area contributed by atoms with E-state index in [-0.39, 0.29) is 6.42 Å². The SMILES string of the molecule is C[C@H](O)[C@H](O)CC(=O)CO. The van der Waals surface area contributed by atoms with Crippen LogP contribution in [0, 0.1) is 0 Å². The van der Waals surface area contributed by atoms with Crippen molar-refractivity contribution in [3.05, 3.63) is 0 Å². The van der Waals surface area contributed by atoms with Crippen LogP contribution in [0.15, 0.2) is 0 Å². The van der Waals surface area contributed by atoms with Crippen molar-refractivity contribution in [2.45, 2.75) is 25.6 Å². The minimum atomic E-state index is -1.06. The third-order valence-corrected chi connectivity index (χ3v) is 1.17. The fraction of sp³-hybridized carbons (Fsp3) is 0.833. The Morgan fingerprint density at radius 1 is 1.50 bits per heavy atom. The summed E-state index contributed by atoms with van der Waals surface area (Å²) in [5.74, 6) is -0.464. The van der Waals surface area contributed by atoms with E-state index in [0.29, 0.717) is 0 Å². The van der Waals surface area contributed by atoms with E-state index >= 15 is 0 Å². The molecule has 10 heavy (non-hydrogen) atoms. The molecule has 0 aromatic carbocycles. The Hall–Kier alpha value is -0.450. The van der Waals surface area contributed by atoms with Crippen LogP contribution in [0.2, 0.25) is 0 Å².